The van der Waals surface area contributed by atoms with Crippen LogP contribution in [0.2, 0.25) is 5.02 Å². The molecular weight excluding hydrogens is 330 g/mol. The number of nitrogens with one attached hydrogen (secondary N) is 1. The number of nitrogens with zero attached hydrogens (tertiary/aromatic N) is 2. The number of amides is 1. The third-order valence-electron chi connectivity index (χ3n) is 3.45. The highest BCUT2D eigenvalue weighted by molar-refractivity contribution is 6.30. The number of non-ortho nitro benzene ring substituents is 1. The molecule has 1 N–H and O–H groups in total. The Bertz CT molecular complexity index is 719. The van der Waals surface area contributed by atoms with Crippen LogP contribution in [0.5, 0.6) is 0 Å². The molecule has 0 bridgehead atoms. The van der Waals surface area contributed by atoms with Crippen LogP contribution in [0.25, 0.3) is 0 Å². The second kappa shape index (κ2) is 8.42. The van der Waals surface area contributed by atoms with Crippen LogP contribution >= 0.6 is 11.6 Å². The highest BCUT2D eigenvalue weighted by Crippen LogP contribution is 2.15. The van der Waals surface area contributed by atoms with E-state index in [1.807, 2.05) is 11.9 Å². The van der Waals surface area contributed by atoms with E-state index in [0.717, 1.165) is 5.56 Å². The zero-order chi connectivity index (χ0) is 17.5. The number of nitro benzene ring substituents is 1. The first-order valence-electron chi connectivity index (χ1n) is 7.41. The second-order valence-corrected chi connectivity index (χ2v) is 5.91. The molecule has 0 aliphatic carbocycles. The number of halogens is 1. The first-order chi connectivity index (χ1) is 11.4. The highest BCUT2D eigenvalue weighted by atomic mass is 35.5. The maximum atomic E-state index is 12.0. The molecule has 2 aromatic carbocycles. The summed E-state index contributed by atoms with van der Waals surface area (Å²) in [5.41, 5.74) is 1.73. The minimum Gasteiger partial charge on any atom is -0.325 e. The van der Waals surface area contributed by atoms with Crippen molar-refractivity contribution in [3.05, 3.63) is 69.2 Å². The predicted molar refractivity (Wildman–Crippen MR) is 94.4 cm³/mol. The Morgan fingerprint density at radius 3 is 2.58 bits per heavy atom. The van der Waals surface area contributed by atoms with Crippen LogP contribution in [0, 0.1) is 10.1 Å². The predicted octanol–water partition coefficient (Wildman–Crippen LogP) is 3.36. The maximum Gasteiger partial charge on any atom is 0.269 e. The third-order valence-corrected chi connectivity index (χ3v) is 3.69. The number of rotatable bonds is 7. The van der Waals surface area contributed by atoms with E-state index in [-0.39, 0.29) is 18.1 Å². The van der Waals surface area contributed by atoms with Gasteiger partial charge in [-0.15, -0.1) is 0 Å². The van der Waals surface area contributed by atoms with E-state index in [4.69, 9.17) is 11.6 Å². The van der Waals surface area contributed by atoms with Gasteiger partial charge in [0, 0.05) is 29.4 Å². The normalized spacial score (nSPS) is 10.6. The number of benzene rings is 2. The number of anilines is 1. The molecule has 1 amide bonds. The van der Waals surface area contributed by atoms with E-state index in [0.29, 0.717) is 23.7 Å². The molecule has 0 spiro atoms. The van der Waals surface area contributed by atoms with Crippen molar-refractivity contribution in [1.82, 2.24) is 4.90 Å². The average molecular weight is 348 g/mol. The van der Waals surface area contributed by atoms with Crippen molar-refractivity contribution in [2.24, 2.45) is 0 Å². The number of hydrogen-bond donors (Lipinski definition) is 1. The molecule has 0 fully saturated rings. The van der Waals surface area contributed by atoms with E-state index in [1.165, 1.54) is 12.1 Å². The fraction of sp³-hybridized carbons (Fsp3) is 0.235. The third kappa shape index (κ3) is 5.64. The topological polar surface area (TPSA) is 75.5 Å². The van der Waals surface area contributed by atoms with Crippen molar-refractivity contribution >= 4 is 28.9 Å². The van der Waals surface area contributed by atoms with Crippen molar-refractivity contribution in [1.29, 1.82) is 0 Å². The summed E-state index contributed by atoms with van der Waals surface area (Å²) in [5, 5.41) is 14.0. The fourth-order valence-electron chi connectivity index (χ4n) is 2.20. The summed E-state index contributed by atoms with van der Waals surface area (Å²) in [4.78, 5) is 24.1. The summed E-state index contributed by atoms with van der Waals surface area (Å²) in [7, 11) is 1.85. The Labute approximate surface area is 145 Å². The smallest absolute Gasteiger partial charge is 0.269 e. The molecule has 0 aliphatic rings. The molecule has 24 heavy (non-hydrogen) atoms. The van der Waals surface area contributed by atoms with Crippen molar-refractivity contribution in [2.75, 3.05) is 25.5 Å². The molecule has 0 unspecified atom stereocenters. The summed E-state index contributed by atoms with van der Waals surface area (Å²) in [6, 6.07) is 13.4. The number of hydrogen-bond acceptors (Lipinski definition) is 4. The number of likely N-dealkylation sites (N-methyl/N-ethyl adjacent to an activating group) is 1. The monoisotopic (exact) mass is 347 g/mol. The van der Waals surface area contributed by atoms with Gasteiger partial charge in [-0.1, -0.05) is 29.8 Å². The van der Waals surface area contributed by atoms with Gasteiger partial charge in [0.2, 0.25) is 5.91 Å². The Hall–Kier alpha value is -2.44. The van der Waals surface area contributed by atoms with Crippen LogP contribution in [0.3, 0.4) is 0 Å². The van der Waals surface area contributed by atoms with Crippen LogP contribution in [0.15, 0.2) is 48.5 Å². The summed E-state index contributed by atoms with van der Waals surface area (Å²) < 4.78 is 0. The van der Waals surface area contributed by atoms with Crippen LogP contribution in [-0.2, 0) is 11.2 Å². The van der Waals surface area contributed by atoms with Gasteiger partial charge in [0.15, 0.2) is 0 Å². The zero-order valence-corrected chi connectivity index (χ0v) is 14.0. The molecular formula is C17H18ClN3O3. The molecule has 2 aromatic rings. The Morgan fingerprint density at radius 1 is 1.25 bits per heavy atom. The molecule has 0 saturated heterocycles. The summed E-state index contributed by atoms with van der Waals surface area (Å²) >= 11 is 5.88. The van der Waals surface area contributed by atoms with Crippen LogP contribution in [-0.4, -0.2) is 35.9 Å². The lowest BCUT2D eigenvalue weighted by Crippen LogP contribution is -2.31. The number of carbonyl (C=O) groups excluding carboxylic acids is 1. The lowest BCUT2D eigenvalue weighted by molar-refractivity contribution is -0.384. The number of carbonyl (C=O) groups is 1. The summed E-state index contributed by atoms with van der Waals surface area (Å²) in [6.07, 6.45) is 0.707. The molecule has 7 heteroatoms. The SMILES string of the molecule is CN(CCc1ccc([N+](=O)[O-])cc1)CC(=O)Nc1cccc(Cl)c1. The molecule has 0 radical (unpaired) electrons. The molecule has 2 rings (SSSR count). The first-order valence-corrected chi connectivity index (χ1v) is 7.79. The van der Waals surface area contributed by atoms with Crippen molar-refractivity contribution in [3.8, 4) is 0 Å². The van der Waals surface area contributed by atoms with Gasteiger partial charge in [0.05, 0.1) is 11.5 Å². The van der Waals surface area contributed by atoms with Crippen LogP contribution in [0.4, 0.5) is 11.4 Å². The van der Waals surface area contributed by atoms with Gasteiger partial charge in [-0.3, -0.25) is 19.8 Å². The van der Waals surface area contributed by atoms with E-state index in [2.05, 4.69) is 5.32 Å². The quantitative estimate of drug-likeness (QED) is 0.615. The molecule has 0 atom stereocenters. The zero-order valence-electron chi connectivity index (χ0n) is 13.2. The molecule has 0 aromatic heterocycles. The largest absolute Gasteiger partial charge is 0.325 e. The molecule has 0 heterocycles. The summed E-state index contributed by atoms with van der Waals surface area (Å²) in [5.74, 6) is -0.122. The minimum atomic E-state index is -0.421. The fourth-order valence-corrected chi connectivity index (χ4v) is 2.39. The highest BCUT2D eigenvalue weighted by Gasteiger charge is 2.08. The van der Waals surface area contributed by atoms with Gasteiger partial charge in [0.1, 0.15) is 0 Å². The summed E-state index contributed by atoms with van der Waals surface area (Å²) in [6.45, 7) is 0.917. The minimum absolute atomic E-state index is 0.0769. The lowest BCUT2D eigenvalue weighted by Gasteiger charge is -2.16. The van der Waals surface area contributed by atoms with Gasteiger partial charge in [0.25, 0.3) is 5.69 Å². The van der Waals surface area contributed by atoms with E-state index < -0.39 is 4.92 Å². The van der Waals surface area contributed by atoms with Crippen LogP contribution < -0.4 is 5.32 Å². The molecule has 126 valence electrons. The Balaban J connectivity index is 1.79. The average Bonchev–Trinajstić information content (AvgIpc) is 2.53. The molecule has 0 saturated carbocycles. The van der Waals surface area contributed by atoms with Crippen LogP contribution in [0.1, 0.15) is 5.56 Å². The van der Waals surface area contributed by atoms with E-state index in [9.17, 15) is 14.9 Å². The van der Waals surface area contributed by atoms with E-state index >= 15 is 0 Å². The van der Waals surface area contributed by atoms with Gasteiger partial charge in [-0.25, -0.2) is 0 Å². The Kier molecular flexibility index (Phi) is 6.28. The van der Waals surface area contributed by atoms with Crippen molar-refractivity contribution in [2.45, 2.75) is 6.42 Å². The number of nitro groups is 1. The maximum absolute atomic E-state index is 12.0. The van der Waals surface area contributed by atoms with Gasteiger partial charge >= 0.3 is 0 Å². The van der Waals surface area contributed by atoms with Gasteiger partial charge in [-0.05, 0) is 37.2 Å². The first kappa shape index (κ1) is 17.9. The second-order valence-electron chi connectivity index (χ2n) is 5.47. The van der Waals surface area contributed by atoms with Crippen molar-refractivity contribution in [3.63, 3.8) is 0 Å². The van der Waals surface area contributed by atoms with Crippen molar-refractivity contribution < 1.29 is 9.72 Å². The van der Waals surface area contributed by atoms with Gasteiger partial charge in [-0.2, -0.15) is 0 Å². The van der Waals surface area contributed by atoms with Gasteiger partial charge < -0.3 is 5.32 Å². The lowest BCUT2D eigenvalue weighted by atomic mass is 10.1. The molecule has 6 nitrogen and oxygen atoms in total. The standard InChI is InChI=1S/C17H18ClN3O3/c1-20(10-9-13-5-7-16(8-6-13)21(23)24)12-17(22)19-15-4-2-3-14(18)11-15/h2-8,11H,9-10,12H2,1H3,(H,19,22). The Morgan fingerprint density at radius 2 is 1.96 bits per heavy atom. The van der Waals surface area contributed by atoms with E-state index in [1.54, 1.807) is 36.4 Å². The molecule has 0 aliphatic heterocycles.